The van der Waals surface area contributed by atoms with Crippen LogP contribution in [0.4, 0.5) is 5.82 Å². The van der Waals surface area contributed by atoms with Crippen LogP contribution in [-0.4, -0.2) is 36.3 Å². The molecule has 0 saturated heterocycles. The molecule has 1 atom stereocenters. The smallest absolute Gasteiger partial charge is 0.306 e. The first-order valence-electron chi connectivity index (χ1n) is 13.3. The Morgan fingerprint density at radius 3 is 2.62 bits per heavy atom. The number of ether oxygens (including phenoxy) is 3. The average molecular weight is 503 g/mol. The van der Waals surface area contributed by atoms with Crippen molar-refractivity contribution in [2.45, 2.75) is 71.5 Å². The Balaban J connectivity index is 1.34. The number of nitrogens with zero attached hydrogens (tertiary/aromatic N) is 1. The van der Waals surface area contributed by atoms with E-state index in [0.29, 0.717) is 13.0 Å². The zero-order valence-electron chi connectivity index (χ0n) is 22.3. The fourth-order valence-corrected chi connectivity index (χ4v) is 4.76. The van der Waals surface area contributed by atoms with Crippen molar-refractivity contribution in [2.75, 3.05) is 18.5 Å². The number of fused-ring (bicyclic) bond motifs is 2. The number of hydrogen-bond acceptors (Lipinski definition) is 6. The molecule has 0 saturated carbocycles. The van der Waals surface area contributed by atoms with Gasteiger partial charge in [-0.3, -0.25) is 4.79 Å². The molecule has 1 heterocycles. The SMILES string of the molecule is CC(C)OC(=O)C[C@@H]1Cc2ccc(OCCCNc3cc(OC(C)C)ccn3)cc2Cc2ccccc21. The lowest BCUT2D eigenvalue weighted by molar-refractivity contribution is -0.147. The van der Waals surface area contributed by atoms with Crippen LogP contribution in [0.5, 0.6) is 11.5 Å². The van der Waals surface area contributed by atoms with Crippen molar-refractivity contribution in [3.8, 4) is 11.5 Å². The summed E-state index contributed by atoms with van der Waals surface area (Å²) in [5.74, 6) is 2.46. The number of nitrogens with one attached hydrogen (secondary N) is 1. The third-order valence-electron chi connectivity index (χ3n) is 6.30. The Labute approximate surface area is 220 Å². The van der Waals surface area contributed by atoms with Crippen LogP contribution in [-0.2, 0) is 22.4 Å². The zero-order valence-corrected chi connectivity index (χ0v) is 22.3. The maximum absolute atomic E-state index is 12.5. The molecular formula is C31H38N2O4. The minimum atomic E-state index is -0.138. The highest BCUT2D eigenvalue weighted by Gasteiger charge is 2.25. The summed E-state index contributed by atoms with van der Waals surface area (Å²) in [5.41, 5.74) is 5.03. The van der Waals surface area contributed by atoms with E-state index in [2.05, 4.69) is 46.7 Å². The summed E-state index contributed by atoms with van der Waals surface area (Å²) in [6, 6.07) is 18.6. The standard InChI is InChI=1S/C31H38N2O4/c1-21(2)36-28-12-14-33-30(20-28)32-13-7-15-35-27-11-10-23-16-26(19-31(34)37-22(3)4)29-9-6-5-8-24(29)17-25(23)18-27/h5-6,8-12,14,18,20-22,26H,7,13,15-17,19H2,1-4H3,(H,32,33)/t26-/m0/s1. The quantitative estimate of drug-likeness (QED) is 0.244. The van der Waals surface area contributed by atoms with Crippen molar-refractivity contribution >= 4 is 11.8 Å². The van der Waals surface area contributed by atoms with Gasteiger partial charge in [0.05, 0.1) is 25.2 Å². The van der Waals surface area contributed by atoms with Gasteiger partial charge in [-0.05, 0) is 93.3 Å². The number of esters is 1. The van der Waals surface area contributed by atoms with Crippen LogP contribution >= 0.6 is 0 Å². The first-order valence-corrected chi connectivity index (χ1v) is 13.3. The number of hydrogen-bond donors (Lipinski definition) is 1. The minimum absolute atomic E-state index is 0.101. The van der Waals surface area contributed by atoms with E-state index in [0.717, 1.165) is 43.1 Å². The third kappa shape index (κ3) is 7.72. The van der Waals surface area contributed by atoms with E-state index in [-0.39, 0.29) is 24.1 Å². The van der Waals surface area contributed by atoms with Gasteiger partial charge < -0.3 is 19.5 Å². The second-order valence-electron chi connectivity index (χ2n) is 10.1. The Morgan fingerprint density at radius 2 is 1.81 bits per heavy atom. The van der Waals surface area contributed by atoms with Gasteiger partial charge in [0.15, 0.2) is 0 Å². The Bertz CT molecular complexity index is 1190. The van der Waals surface area contributed by atoms with Gasteiger partial charge in [0.25, 0.3) is 0 Å². The number of aromatic nitrogens is 1. The second kappa shape index (κ2) is 12.6. The first-order chi connectivity index (χ1) is 17.9. The van der Waals surface area contributed by atoms with Crippen LogP contribution in [0.1, 0.15) is 68.7 Å². The van der Waals surface area contributed by atoms with Gasteiger partial charge >= 0.3 is 5.97 Å². The van der Waals surface area contributed by atoms with Gasteiger partial charge in [0.2, 0.25) is 0 Å². The van der Waals surface area contributed by atoms with Gasteiger partial charge in [-0.2, -0.15) is 0 Å². The number of benzene rings is 2. The summed E-state index contributed by atoms with van der Waals surface area (Å²) in [6.45, 7) is 9.16. The summed E-state index contributed by atoms with van der Waals surface area (Å²) in [4.78, 5) is 16.8. The average Bonchev–Trinajstić information content (AvgIpc) is 2.99. The number of carbonyl (C=O) groups excluding carboxylic acids is 1. The number of carbonyl (C=O) groups is 1. The van der Waals surface area contributed by atoms with Crippen molar-refractivity contribution in [1.82, 2.24) is 4.98 Å². The zero-order chi connectivity index (χ0) is 26.2. The van der Waals surface area contributed by atoms with Gasteiger partial charge in [0, 0.05) is 18.8 Å². The molecule has 3 aromatic rings. The first kappa shape index (κ1) is 26.5. The van der Waals surface area contributed by atoms with Crippen LogP contribution in [0, 0.1) is 0 Å². The lowest BCUT2D eigenvalue weighted by Gasteiger charge is -2.18. The highest BCUT2D eigenvalue weighted by atomic mass is 16.5. The molecule has 0 bridgehead atoms. The monoisotopic (exact) mass is 502 g/mol. The van der Waals surface area contributed by atoms with E-state index in [1.54, 1.807) is 6.20 Å². The topological polar surface area (TPSA) is 69.7 Å². The van der Waals surface area contributed by atoms with E-state index >= 15 is 0 Å². The second-order valence-corrected chi connectivity index (χ2v) is 10.1. The van der Waals surface area contributed by atoms with Crippen molar-refractivity contribution in [3.05, 3.63) is 83.0 Å². The van der Waals surface area contributed by atoms with Crippen LogP contribution in [0.15, 0.2) is 60.8 Å². The molecule has 6 nitrogen and oxygen atoms in total. The van der Waals surface area contributed by atoms with Crippen LogP contribution in [0.3, 0.4) is 0 Å². The van der Waals surface area contributed by atoms with E-state index in [4.69, 9.17) is 14.2 Å². The van der Waals surface area contributed by atoms with E-state index in [1.165, 1.54) is 22.3 Å². The number of pyridine rings is 1. The molecule has 6 heteroatoms. The highest BCUT2D eigenvalue weighted by Crippen LogP contribution is 2.35. The number of rotatable bonds is 11. The summed E-state index contributed by atoms with van der Waals surface area (Å²) in [7, 11) is 0. The van der Waals surface area contributed by atoms with E-state index in [1.807, 2.05) is 45.9 Å². The third-order valence-corrected chi connectivity index (χ3v) is 6.30. The predicted molar refractivity (Wildman–Crippen MR) is 147 cm³/mol. The molecule has 0 amide bonds. The number of anilines is 1. The largest absolute Gasteiger partial charge is 0.494 e. The van der Waals surface area contributed by atoms with Crippen molar-refractivity contribution in [1.29, 1.82) is 0 Å². The summed E-state index contributed by atoms with van der Waals surface area (Å²) in [5, 5.41) is 3.34. The van der Waals surface area contributed by atoms with Crippen LogP contribution < -0.4 is 14.8 Å². The highest BCUT2D eigenvalue weighted by molar-refractivity contribution is 5.71. The molecule has 0 spiro atoms. The van der Waals surface area contributed by atoms with Gasteiger partial charge in [-0.1, -0.05) is 30.3 Å². The van der Waals surface area contributed by atoms with Gasteiger partial charge in [-0.15, -0.1) is 0 Å². The molecule has 37 heavy (non-hydrogen) atoms. The molecule has 1 aliphatic rings. The summed E-state index contributed by atoms with van der Waals surface area (Å²) < 4.78 is 17.3. The van der Waals surface area contributed by atoms with E-state index < -0.39 is 0 Å². The molecule has 1 aromatic heterocycles. The molecule has 4 rings (SSSR count). The molecule has 0 fully saturated rings. The lowest BCUT2D eigenvalue weighted by Crippen LogP contribution is -2.16. The molecule has 0 aliphatic heterocycles. The van der Waals surface area contributed by atoms with Crippen molar-refractivity contribution in [2.24, 2.45) is 0 Å². The van der Waals surface area contributed by atoms with Gasteiger partial charge in [-0.25, -0.2) is 4.98 Å². The Morgan fingerprint density at radius 1 is 0.973 bits per heavy atom. The Hall–Kier alpha value is -3.54. The predicted octanol–water partition coefficient (Wildman–Crippen LogP) is 6.32. The molecular weight excluding hydrogens is 464 g/mol. The molecule has 2 aromatic carbocycles. The maximum atomic E-state index is 12.5. The van der Waals surface area contributed by atoms with Crippen LogP contribution in [0.2, 0.25) is 0 Å². The Kier molecular flexibility index (Phi) is 9.04. The summed E-state index contributed by atoms with van der Waals surface area (Å²) in [6.07, 6.45) is 4.67. The molecule has 1 N–H and O–H groups in total. The molecule has 1 aliphatic carbocycles. The molecule has 0 unspecified atom stereocenters. The summed E-state index contributed by atoms with van der Waals surface area (Å²) >= 11 is 0. The normalized spacial score (nSPS) is 14.5. The van der Waals surface area contributed by atoms with Crippen LogP contribution in [0.25, 0.3) is 0 Å². The molecule has 0 radical (unpaired) electrons. The maximum Gasteiger partial charge on any atom is 0.306 e. The van der Waals surface area contributed by atoms with Gasteiger partial charge in [0.1, 0.15) is 17.3 Å². The molecule has 196 valence electrons. The van der Waals surface area contributed by atoms with Crippen molar-refractivity contribution in [3.63, 3.8) is 0 Å². The minimum Gasteiger partial charge on any atom is -0.494 e. The fourth-order valence-electron chi connectivity index (χ4n) is 4.76. The van der Waals surface area contributed by atoms with Crippen molar-refractivity contribution < 1.29 is 19.0 Å². The lowest BCUT2D eigenvalue weighted by atomic mass is 9.89. The fraction of sp³-hybridized carbons (Fsp3) is 0.419. The van der Waals surface area contributed by atoms with E-state index in [9.17, 15) is 4.79 Å².